The van der Waals surface area contributed by atoms with Crippen molar-refractivity contribution < 1.29 is 14.1 Å². The van der Waals surface area contributed by atoms with Crippen LogP contribution < -0.4 is 14.8 Å². The smallest absolute Gasteiger partial charge is 0.270 e. The van der Waals surface area contributed by atoms with Gasteiger partial charge in [-0.3, -0.25) is 19.7 Å². The van der Waals surface area contributed by atoms with Gasteiger partial charge in [0.15, 0.2) is 5.78 Å². The summed E-state index contributed by atoms with van der Waals surface area (Å²) in [5.41, 5.74) is -0.382. The number of non-ortho nitro benzene ring substituents is 1. The Morgan fingerprint density at radius 1 is 1.27 bits per heavy atom. The molecule has 0 saturated heterocycles. The molecule has 0 bridgehead atoms. The number of nitro groups is 1. The number of carbonyl (C=O) groups excluding carboxylic acids is 1. The minimum Gasteiger partial charge on any atom is -0.457 e. The molecule has 9 heteroatoms. The van der Waals surface area contributed by atoms with Gasteiger partial charge in [0, 0.05) is 42.3 Å². The molecule has 2 aromatic heterocycles. The highest BCUT2D eigenvalue weighted by atomic mass is 35.5. The number of thiazole rings is 1. The van der Waals surface area contributed by atoms with Crippen molar-refractivity contribution in [3.05, 3.63) is 70.8 Å². The van der Waals surface area contributed by atoms with E-state index in [9.17, 15) is 19.7 Å². The van der Waals surface area contributed by atoms with Crippen LogP contribution in [0.3, 0.4) is 0 Å². The Kier molecular flexibility index (Phi) is 5.83. The van der Waals surface area contributed by atoms with E-state index in [1.54, 1.807) is 25.3 Å². The number of halogens is 1. The Morgan fingerprint density at radius 3 is 2.57 bits per heavy atom. The molecular formula is C21H19ClN2O5S. The maximum atomic E-state index is 12.5. The molecule has 0 aliphatic rings. The standard InChI is InChI=1S/C21H19ClN2O5S/c1-21(2,3)18(25)11-19-23(4)20(26)17(30-19)10-13-6-8-16(29-13)14-7-5-12(24(27)28)9-15(14)22/h5-11H,1-4H3/b17-10+,19-11-. The lowest BCUT2D eigenvalue weighted by Gasteiger charge is -2.12. The van der Waals surface area contributed by atoms with Crippen LogP contribution in [0.5, 0.6) is 0 Å². The molecule has 1 aromatic carbocycles. The SMILES string of the molecule is Cn1c(=O)/c(=C\c2ccc(-c3ccc([N+](=O)[O-])cc3Cl)o2)s/c1=C\C(=O)C(C)(C)C. The highest BCUT2D eigenvalue weighted by molar-refractivity contribution is 7.07. The zero-order valence-electron chi connectivity index (χ0n) is 16.8. The molecule has 0 fully saturated rings. The van der Waals surface area contributed by atoms with Gasteiger partial charge in [-0.1, -0.05) is 32.4 Å². The van der Waals surface area contributed by atoms with Crippen LogP contribution in [-0.2, 0) is 11.8 Å². The first-order valence-corrected chi connectivity index (χ1v) is 10.1. The van der Waals surface area contributed by atoms with Gasteiger partial charge < -0.3 is 8.98 Å². The number of Topliss-reactive ketones (excluding diaryl/α,β-unsaturated/α-hetero) is 1. The summed E-state index contributed by atoms with van der Waals surface area (Å²) in [7, 11) is 1.61. The first-order chi connectivity index (χ1) is 14.0. The molecule has 0 aliphatic carbocycles. The summed E-state index contributed by atoms with van der Waals surface area (Å²) in [5.74, 6) is 0.773. The van der Waals surface area contributed by atoms with E-state index in [-0.39, 0.29) is 22.1 Å². The second-order valence-corrected chi connectivity index (χ2v) is 9.16. The molecule has 30 heavy (non-hydrogen) atoms. The van der Waals surface area contributed by atoms with Gasteiger partial charge in [-0.05, 0) is 18.2 Å². The van der Waals surface area contributed by atoms with Crippen molar-refractivity contribution in [2.75, 3.05) is 0 Å². The summed E-state index contributed by atoms with van der Waals surface area (Å²) in [5, 5.41) is 11.0. The molecule has 156 valence electrons. The highest BCUT2D eigenvalue weighted by Gasteiger charge is 2.19. The Balaban J connectivity index is 2.01. The topological polar surface area (TPSA) is 95.3 Å². The van der Waals surface area contributed by atoms with Gasteiger partial charge in [-0.25, -0.2) is 0 Å². The van der Waals surface area contributed by atoms with Crippen molar-refractivity contribution in [1.29, 1.82) is 0 Å². The summed E-state index contributed by atoms with van der Waals surface area (Å²) >= 11 is 7.35. The van der Waals surface area contributed by atoms with E-state index in [2.05, 4.69) is 0 Å². The highest BCUT2D eigenvalue weighted by Crippen LogP contribution is 2.32. The largest absolute Gasteiger partial charge is 0.457 e. The molecule has 0 radical (unpaired) electrons. The number of ketones is 1. The predicted molar refractivity (Wildman–Crippen MR) is 117 cm³/mol. The average Bonchev–Trinajstić information content (AvgIpc) is 3.21. The van der Waals surface area contributed by atoms with Crippen LogP contribution in [0.2, 0.25) is 5.02 Å². The van der Waals surface area contributed by atoms with Crippen LogP contribution in [0.1, 0.15) is 26.5 Å². The van der Waals surface area contributed by atoms with Crippen LogP contribution in [0.25, 0.3) is 23.5 Å². The fraction of sp³-hybridized carbons (Fsp3) is 0.238. The number of hydrogen-bond donors (Lipinski definition) is 0. The molecule has 0 N–H and O–H groups in total. The number of rotatable bonds is 4. The normalized spacial score (nSPS) is 13.1. The van der Waals surface area contributed by atoms with Crippen molar-refractivity contribution in [3.8, 4) is 11.3 Å². The van der Waals surface area contributed by atoms with Crippen LogP contribution in [0, 0.1) is 15.5 Å². The van der Waals surface area contributed by atoms with Crippen molar-refractivity contribution >= 4 is 46.6 Å². The van der Waals surface area contributed by atoms with Gasteiger partial charge in [0.2, 0.25) is 0 Å². The van der Waals surface area contributed by atoms with E-state index in [0.717, 1.165) is 0 Å². The number of aromatic nitrogens is 1. The Labute approximate surface area is 180 Å². The van der Waals surface area contributed by atoms with E-state index in [1.165, 1.54) is 40.2 Å². The zero-order valence-corrected chi connectivity index (χ0v) is 18.3. The first kappa shape index (κ1) is 21.7. The van der Waals surface area contributed by atoms with Gasteiger partial charge in [0.1, 0.15) is 16.2 Å². The van der Waals surface area contributed by atoms with Crippen molar-refractivity contribution in [2.45, 2.75) is 20.8 Å². The lowest BCUT2D eigenvalue weighted by atomic mass is 9.91. The molecule has 2 heterocycles. The van der Waals surface area contributed by atoms with Crippen molar-refractivity contribution in [1.82, 2.24) is 4.57 Å². The van der Waals surface area contributed by atoms with Crippen LogP contribution in [0.4, 0.5) is 5.69 Å². The third-order valence-electron chi connectivity index (χ3n) is 4.38. The molecule has 0 saturated carbocycles. The van der Waals surface area contributed by atoms with Crippen molar-refractivity contribution in [3.63, 3.8) is 0 Å². The number of carbonyl (C=O) groups is 1. The van der Waals surface area contributed by atoms with Crippen LogP contribution >= 0.6 is 22.9 Å². The number of hydrogen-bond acceptors (Lipinski definition) is 6. The third kappa shape index (κ3) is 4.44. The molecule has 0 amide bonds. The molecule has 3 rings (SSSR count). The molecule has 0 unspecified atom stereocenters. The van der Waals surface area contributed by atoms with Gasteiger partial charge in [0.05, 0.1) is 14.5 Å². The van der Waals surface area contributed by atoms with Gasteiger partial charge in [-0.15, -0.1) is 11.3 Å². The zero-order chi connectivity index (χ0) is 22.2. The minimum absolute atomic E-state index is 0.0704. The lowest BCUT2D eigenvalue weighted by Crippen LogP contribution is -2.29. The fourth-order valence-corrected chi connectivity index (χ4v) is 3.84. The van der Waals surface area contributed by atoms with E-state index in [4.69, 9.17) is 16.0 Å². The monoisotopic (exact) mass is 446 g/mol. The summed E-state index contributed by atoms with van der Waals surface area (Å²) in [6, 6.07) is 7.46. The minimum atomic E-state index is -0.538. The van der Waals surface area contributed by atoms with Gasteiger partial charge in [0.25, 0.3) is 11.2 Å². The van der Waals surface area contributed by atoms with Gasteiger partial charge >= 0.3 is 0 Å². The number of nitro benzene ring substituents is 1. The number of benzene rings is 1. The second kappa shape index (κ2) is 8.04. The molecule has 7 nitrogen and oxygen atoms in total. The van der Waals surface area contributed by atoms with Gasteiger partial charge in [-0.2, -0.15) is 0 Å². The lowest BCUT2D eigenvalue weighted by molar-refractivity contribution is -0.384. The van der Waals surface area contributed by atoms with E-state index in [0.29, 0.717) is 26.3 Å². The molecule has 0 aliphatic heterocycles. The average molecular weight is 447 g/mol. The Hall–Kier alpha value is -2.97. The summed E-state index contributed by atoms with van der Waals surface area (Å²) in [6.07, 6.45) is 3.07. The third-order valence-corrected chi connectivity index (χ3v) is 5.81. The summed E-state index contributed by atoms with van der Waals surface area (Å²) < 4.78 is 8.16. The summed E-state index contributed by atoms with van der Waals surface area (Å²) in [4.78, 5) is 35.1. The summed E-state index contributed by atoms with van der Waals surface area (Å²) in [6.45, 7) is 5.45. The molecule has 3 aromatic rings. The number of nitrogens with zero attached hydrogens (tertiary/aromatic N) is 2. The first-order valence-electron chi connectivity index (χ1n) is 8.95. The van der Waals surface area contributed by atoms with Crippen LogP contribution in [-0.4, -0.2) is 15.3 Å². The molecule has 0 spiro atoms. The number of furan rings is 1. The van der Waals surface area contributed by atoms with E-state index >= 15 is 0 Å². The molecule has 0 atom stereocenters. The van der Waals surface area contributed by atoms with E-state index < -0.39 is 10.3 Å². The van der Waals surface area contributed by atoms with E-state index in [1.807, 2.05) is 20.8 Å². The quantitative estimate of drug-likeness (QED) is 0.451. The fourth-order valence-electron chi connectivity index (χ4n) is 2.56. The Morgan fingerprint density at radius 2 is 1.97 bits per heavy atom. The maximum Gasteiger partial charge on any atom is 0.270 e. The van der Waals surface area contributed by atoms with Crippen LogP contribution in [0.15, 0.2) is 39.5 Å². The maximum absolute atomic E-state index is 12.5. The molecular weight excluding hydrogens is 428 g/mol. The Bertz CT molecular complexity index is 1320. The predicted octanol–water partition coefficient (Wildman–Crippen LogP) is 3.49. The van der Waals surface area contributed by atoms with Crippen molar-refractivity contribution in [2.24, 2.45) is 12.5 Å². The second-order valence-electron chi connectivity index (χ2n) is 7.69.